The van der Waals surface area contributed by atoms with Crippen LogP contribution in [0.15, 0.2) is 36.4 Å². The molecule has 1 heterocycles. The van der Waals surface area contributed by atoms with Gasteiger partial charge < -0.3 is 10.1 Å². The molecular weight excluding hydrogens is 190 g/mol. The number of hydrogen-bond donors (Lipinski definition) is 1. The van der Waals surface area contributed by atoms with Gasteiger partial charge in [0.1, 0.15) is 6.54 Å². The molecule has 0 saturated carbocycles. The lowest BCUT2D eigenvalue weighted by atomic mass is 10.1. The Hall–Kier alpha value is -2.03. The van der Waals surface area contributed by atoms with Gasteiger partial charge in [0.15, 0.2) is 5.75 Å². The highest BCUT2D eigenvalue weighted by Crippen LogP contribution is 2.35. The van der Waals surface area contributed by atoms with Crippen LogP contribution in [0.2, 0.25) is 0 Å². The first-order valence-electron chi connectivity index (χ1n) is 4.81. The highest BCUT2D eigenvalue weighted by atomic mass is 16.5. The molecule has 0 saturated heterocycles. The molecule has 0 atom stereocenters. The second-order valence-corrected chi connectivity index (χ2v) is 3.49. The molecule has 74 valence electrons. The molecular formula is C12H9NO2. The van der Waals surface area contributed by atoms with Gasteiger partial charge in [-0.15, -0.1) is 0 Å². The standard InChI is InChI=1S/C12H9NO2/c14-11-7-13-10-6-5-8-3-1-2-4-9(8)12(10)15-11/h1-6,13H,7H2. The smallest absolute Gasteiger partial charge is 0.330 e. The molecule has 1 N–H and O–H groups in total. The molecule has 0 aliphatic carbocycles. The molecule has 3 rings (SSSR count). The fourth-order valence-electron chi connectivity index (χ4n) is 1.81. The number of rotatable bonds is 0. The van der Waals surface area contributed by atoms with Crippen LogP contribution < -0.4 is 10.1 Å². The summed E-state index contributed by atoms with van der Waals surface area (Å²) in [5, 5.41) is 5.07. The van der Waals surface area contributed by atoms with Crippen molar-refractivity contribution < 1.29 is 9.53 Å². The van der Waals surface area contributed by atoms with E-state index in [1.807, 2.05) is 36.4 Å². The number of carbonyl (C=O) groups is 1. The highest BCUT2D eigenvalue weighted by molar-refractivity contribution is 5.98. The minimum Gasteiger partial charge on any atom is -0.422 e. The third kappa shape index (κ3) is 1.24. The number of esters is 1. The molecule has 0 unspecified atom stereocenters. The van der Waals surface area contributed by atoms with Crippen LogP contribution in [-0.4, -0.2) is 12.5 Å². The number of carbonyl (C=O) groups excluding carboxylic acids is 1. The Morgan fingerprint density at radius 1 is 1.13 bits per heavy atom. The Labute approximate surface area is 86.7 Å². The highest BCUT2D eigenvalue weighted by Gasteiger charge is 2.18. The molecule has 0 fully saturated rings. The summed E-state index contributed by atoms with van der Waals surface area (Å²) in [6.07, 6.45) is 0. The van der Waals surface area contributed by atoms with E-state index in [2.05, 4.69) is 5.32 Å². The van der Waals surface area contributed by atoms with Gasteiger partial charge in [0.05, 0.1) is 5.69 Å². The van der Waals surface area contributed by atoms with Crippen molar-refractivity contribution in [2.45, 2.75) is 0 Å². The van der Waals surface area contributed by atoms with Crippen LogP contribution in [0, 0.1) is 0 Å². The zero-order valence-corrected chi connectivity index (χ0v) is 7.99. The third-order valence-electron chi connectivity index (χ3n) is 2.52. The fraction of sp³-hybridized carbons (Fsp3) is 0.0833. The van der Waals surface area contributed by atoms with E-state index < -0.39 is 0 Å². The topological polar surface area (TPSA) is 38.3 Å². The van der Waals surface area contributed by atoms with E-state index in [1.165, 1.54) is 0 Å². The molecule has 1 aliphatic heterocycles. The van der Waals surface area contributed by atoms with Gasteiger partial charge in [-0.25, -0.2) is 4.79 Å². The van der Waals surface area contributed by atoms with Crippen LogP contribution in [0.1, 0.15) is 0 Å². The van der Waals surface area contributed by atoms with Crippen molar-refractivity contribution in [3.05, 3.63) is 36.4 Å². The van der Waals surface area contributed by atoms with Crippen molar-refractivity contribution in [2.24, 2.45) is 0 Å². The first-order valence-corrected chi connectivity index (χ1v) is 4.81. The fourth-order valence-corrected chi connectivity index (χ4v) is 1.81. The Kier molecular flexibility index (Phi) is 1.65. The van der Waals surface area contributed by atoms with Crippen molar-refractivity contribution in [1.29, 1.82) is 0 Å². The predicted molar refractivity (Wildman–Crippen MR) is 58.1 cm³/mol. The van der Waals surface area contributed by atoms with Crippen molar-refractivity contribution in [3.8, 4) is 5.75 Å². The SMILES string of the molecule is O=C1CNc2ccc3ccccc3c2O1. The normalized spacial score (nSPS) is 14.3. The average molecular weight is 199 g/mol. The maximum atomic E-state index is 11.2. The second kappa shape index (κ2) is 2.98. The van der Waals surface area contributed by atoms with E-state index in [1.54, 1.807) is 0 Å². The molecule has 1 aliphatic rings. The molecule has 0 bridgehead atoms. The quantitative estimate of drug-likeness (QED) is 0.522. The molecule has 2 aromatic carbocycles. The first-order chi connectivity index (χ1) is 7.34. The minimum absolute atomic E-state index is 0.237. The van der Waals surface area contributed by atoms with Crippen LogP contribution in [0.4, 0.5) is 5.69 Å². The van der Waals surface area contributed by atoms with E-state index in [-0.39, 0.29) is 12.5 Å². The van der Waals surface area contributed by atoms with Crippen molar-refractivity contribution in [1.82, 2.24) is 0 Å². The molecule has 3 nitrogen and oxygen atoms in total. The monoisotopic (exact) mass is 199 g/mol. The van der Waals surface area contributed by atoms with E-state index in [9.17, 15) is 4.79 Å². The predicted octanol–water partition coefficient (Wildman–Crippen LogP) is 2.17. The lowest BCUT2D eigenvalue weighted by molar-refractivity contribution is -0.132. The van der Waals surface area contributed by atoms with E-state index in [0.29, 0.717) is 5.75 Å². The van der Waals surface area contributed by atoms with Crippen LogP contribution >= 0.6 is 0 Å². The van der Waals surface area contributed by atoms with Gasteiger partial charge in [0.2, 0.25) is 0 Å². The summed E-state index contributed by atoms with van der Waals surface area (Å²) in [5.41, 5.74) is 0.883. The van der Waals surface area contributed by atoms with Crippen molar-refractivity contribution in [2.75, 3.05) is 11.9 Å². The zero-order chi connectivity index (χ0) is 10.3. The average Bonchev–Trinajstić information content (AvgIpc) is 2.29. The van der Waals surface area contributed by atoms with Gasteiger partial charge in [0.25, 0.3) is 0 Å². The molecule has 2 aromatic rings. The Morgan fingerprint density at radius 3 is 2.93 bits per heavy atom. The number of benzene rings is 2. The third-order valence-corrected chi connectivity index (χ3v) is 2.52. The lowest BCUT2D eigenvalue weighted by Crippen LogP contribution is -2.24. The van der Waals surface area contributed by atoms with Gasteiger partial charge in [-0.2, -0.15) is 0 Å². The van der Waals surface area contributed by atoms with Gasteiger partial charge in [-0.3, -0.25) is 0 Å². The van der Waals surface area contributed by atoms with E-state index in [4.69, 9.17) is 4.74 Å². The Bertz CT molecular complexity index is 548. The maximum absolute atomic E-state index is 11.2. The van der Waals surface area contributed by atoms with Gasteiger partial charge >= 0.3 is 5.97 Å². The van der Waals surface area contributed by atoms with Gasteiger partial charge in [-0.05, 0) is 11.5 Å². The summed E-state index contributed by atoms with van der Waals surface area (Å²) in [7, 11) is 0. The van der Waals surface area contributed by atoms with Crippen LogP contribution in [0.3, 0.4) is 0 Å². The molecule has 0 amide bonds. The van der Waals surface area contributed by atoms with Crippen LogP contribution in [-0.2, 0) is 4.79 Å². The molecule has 15 heavy (non-hydrogen) atoms. The number of ether oxygens (including phenoxy) is 1. The summed E-state index contributed by atoms with van der Waals surface area (Å²) < 4.78 is 5.24. The number of nitrogens with one attached hydrogen (secondary N) is 1. The van der Waals surface area contributed by atoms with Crippen molar-refractivity contribution in [3.63, 3.8) is 0 Å². The first kappa shape index (κ1) is 8.29. The number of anilines is 1. The Balaban J connectivity index is 2.32. The van der Waals surface area contributed by atoms with Gasteiger partial charge in [-0.1, -0.05) is 30.3 Å². The molecule has 3 heteroatoms. The van der Waals surface area contributed by atoms with Gasteiger partial charge in [0, 0.05) is 5.39 Å². The summed E-state index contributed by atoms with van der Waals surface area (Å²) >= 11 is 0. The Morgan fingerprint density at radius 2 is 2.00 bits per heavy atom. The zero-order valence-electron chi connectivity index (χ0n) is 7.99. The molecule has 0 aromatic heterocycles. The molecule has 0 radical (unpaired) electrons. The lowest BCUT2D eigenvalue weighted by Gasteiger charge is -2.18. The van der Waals surface area contributed by atoms with Crippen LogP contribution in [0.5, 0.6) is 5.75 Å². The number of hydrogen-bond acceptors (Lipinski definition) is 3. The van der Waals surface area contributed by atoms with Crippen LogP contribution in [0.25, 0.3) is 10.8 Å². The largest absolute Gasteiger partial charge is 0.422 e. The van der Waals surface area contributed by atoms with Crippen molar-refractivity contribution >= 4 is 22.4 Å². The summed E-state index contributed by atoms with van der Waals surface area (Å²) in [6.45, 7) is 0.241. The maximum Gasteiger partial charge on any atom is 0.330 e. The number of fused-ring (bicyclic) bond motifs is 3. The van der Waals surface area contributed by atoms with E-state index in [0.717, 1.165) is 16.5 Å². The summed E-state index contributed by atoms with van der Waals surface area (Å²) in [4.78, 5) is 11.2. The summed E-state index contributed by atoms with van der Waals surface area (Å²) in [6, 6.07) is 11.8. The minimum atomic E-state index is -0.237. The molecule has 0 spiro atoms. The summed E-state index contributed by atoms with van der Waals surface area (Å²) in [5.74, 6) is 0.406. The van der Waals surface area contributed by atoms with E-state index >= 15 is 0 Å². The second-order valence-electron chi connectivity index (χ2n) is 3.49.